The highest BCUT2D eigenvalue weighted by Gasteiger charge is 2.39. The molecule has 0 spiro atoms. The number of nitrogens with one attached hydrogen (secondary N) is 1. The third kappa shape index (κ3) is 4.50. The topological polar surface area (TPSA) is 73.0 Å². The summed E-state index contributed by atoms with van der Waals surface area (Å²) >= 11 is 6.23. The molecule has 0 radical (unpaired) electrons. The Morgan fingerprint density at radius 1 is 0.743 bits per heavy atom. The molecule has 5 rings (SSSR count). The number of hydrogen-bond acceptors (Lipinski definition) is 5. The monoisotopic (exact) mass is 486 g/mol. The normalized spacial score (nSPS) is 16.2. The van der Waals surface area contributed by atoms with E-state index in [1.54, 1.807) is 54.6 Å². The van der Waals surface area contributed by atoms with Crippen molar-refractivity contribution in [1.82, 2.24) is 4.90 Å². The van der Waals surface area contributed by atoms with Gasteiger partial charge in [-0.1, -0.05) is 54.1 Å². The molecule has 0 saturated carbocycles. The maximum absolute atomic E-state index is 13.2. The molecule has 0 aromatic heterocycles. The van der Waals surface area contributed by atoms with Crippen molar-refractivity contribution < 1.29 is 14.4 Å². The van der Waals surface area contributed by atoms with Crippen molar-refractivity contribution in [3.05, 3.63) is 101 Å². The maximum Gasteiger partial charge on any atom is 0.283 e. The minimum absolute atomic E-state index is 0.0124. The fourth-order valence-corrected chi connectivity index (χ4v) is 4.50. The van der Waals surface area contributed by atoms with Gasteiger partial charge in [0.25, 0.3) is 17.7 Å². The predicted molar refractivity (Wildman–Crippen MR) is 136 cm³/mol. The van der Waals surface area contributed by atoms with Crippen LogP contribution in [0.2, 0.25) is 0 Å². The van der Waals surface area contributed by atoms with Crippen LogP contribution in [0.5, 0.6) is 0 Å². The third-order valence-electron chi connectivity index (χ3n) is 6.11. The molecule has 35 heavy (non-hydrogen) atoms. The molecule has 1 saturated heterocycles. The summed E-state index contributed by atoms with van der Waals surface area (Å²) in [5.74, 6) is -1.21. The first-order valence-electron chi connectivity index (χ1n) is 11.3. The fraction of sp³-hybridized carbons (Fsp3) is 0.148. The second-order valence-corrected chi connectivity index (χ2v) is 8.67. The van der Waals surface area contributed by atoms with Crippen molar-refractivity contribution in [3.8, 4) is 0 Å². The van der Waals surface area contributed by atoms with Gasteiger partial charge in [-0.2, -0.15) is 0 Å². The molecule has 0 unspecified atom stereocenters. The van der Waals surface area contributed by atoms with E-state index in [2.05, 4.69) is 22.3 Å². The zero-order valence-corrected chi connectivity index (χ0v) is 19.6. The summed E-state index contributed by atoms with van der Waals surface area (Å²) in [5, 5.41) is 2.77. The lowest BCUT2D eigenvalue weighted by Gasteiger charge is -2.36. The van der Waals surface area contributed by atoms with Gasteiger partial charge in [-0.25, -0.2) is 4.90 Å². The van der Waals surface area contributed by atoms with Gasteiger partial charge in [0.2, 0.25) is 0 Å². The quantitative estimate of drug-likeness (QED) is 0.550. The number of carbonyl (C=O) groups excluding carboxylic acids is 3. The lowest BCUT2D eigenvalue weighted by Crippen LogP contribution is -2.48. The standard InChI is InChI=1S/C27H23ClN4O3/c28-23-24(27(35)32(26(23)34)22-12-5-2-6-13-22)29-20-9-7-8-19(18-20)25(33)31-16-14-30(15-17-31)21-10-3-1-4-11-21/h1-13,18,29H,14-17H2. The van der Waals surface area contributed by atoms with Gasteiger partial charge >= 0.3 is 0 Å². The Balaban J connectivity index is 1.28. The Bertz CT molecular complexity index is 1300. The molecule has 2 heterocycles. The second kappa shape index (κ2) is 9.64. The number of imide groups is 1. The van der Waals surface area contributed by atoms with Crippen molar-refractivity contribution >= 4 is 46.4 Å². The van der Waals surface area contributed by atoms with Crippen molar-refractivity contribution in [3.63, 3.8) is 0 Å². The van der Waals surface area contributed by atoms with Gasteiger partial charge in [0.15, 0.2) is 0 Å². The van der Waals surface area contributed by atoms with Crippen molar-refractivity contribution in [2.45, 2.75) is 0 Å². The summed E-state index contributed by atoms with van der Waals surface area (Å²) in [7, 11) is 0. The van der Waals surface area contributed by atoms with Gasteiger partial charge in [0.1, 0.15) is 10.7 Å². The first kappa shape index (κ1) is 22.7. The number of anilines is 3. The maximum atomic E-state index is 13.2. The van der Waals surface area contributed by atoms with Gasteiger partial charge < -0.3 is 15.1 Å². The first-order valence-corrected chi connectivity index (χ1v) is 11.7. The number of piperazine rings is 1. The number of amides is 3. The Kier molecular flexibility index (Phi) is 6.25. The Hall–Kier alpha value is -4.10. The van der Waals surface area contributed by atoms with Crippen LogP contribution in [-0.4, -0.2) is 48.8 Å². The summed E-state index contributed by atoms with van der Waals surface area (Å²) in [6.45, 7) is 2.73. The SMILES string of the molecule is O=C(c1cccc(NC2=C(Cl)C(=O)N(c3ccccc3)C2=O)c1)N1CCN(c2ccccc2)CC1. The van der Waals surface area contributed by atoms with Gasteiger partial charge in [-0.15, -0.1) is 0 Å². The van der Waals surface area contributed by atoms with Crippen LogP contribution >= 0.6 is 11.6 Å². The number of para-hydroxylation sites is 2. The zero-order valence-electron chi connectivity index (χ0n) is 18.9. The van der Waals surface area contributed by atoms with Crippen LogP contribution in [0.4, 0.5) is 17.1 Å². The van der Waals surface area contributed by atoms with E-state index in [4.69, 9.17) is 11.6 Å². The molecule has 8 heteroatoms. The van der Waals surface area contributed by atoms with Crippen molar-refractivity contribution in [1.29, 1.82) is 0 Å². The number of benzene rings is 3. The van der Waals surface area contributed by atoms with Gasteiger partial charge in [0.05, 0.1) is 5.69 Å². The highest BCUT2D eigenvalue weighted by atomic mass is 35.5. The lowest BCUT2D eigenvalue weighted by molar-refractivity contribution is -0.120. The molecule has 0 bridgehead atoms. The first-order chi connectivity index (χ1) is 17.0. The molecule has 1 N–H and O–H groups in total. The van der Waals surface area contributed by atoms with Gasteiger partial charge in [-0.3, -0.25) is 14.4 Å². The van der Waals surface area contributed by atoms with E-state index in [-0.39, 0.29) is 16.6 Å². The number of rotatable bonds is 5. The Labute approximate surface area is 208 Å². The molecule has 3 aromatic rings. The lowest BCUT2D eigenvalue weighted by atomic mass is 10.1. The Morgan fingerprint density at radius 2 is 1.37 bits per heavy atom. The molecule has 1 fully saturated rings. The van der Waals surface area contributed by atoms with Crippen LogP contribution < -0.4 is 15.1 Å². The summed E-state index contributed by atoms with van der Waals surface area (Å²) in [4.78, 5) is 43.9. The number of carbonyl (C=O) groups is 3. The van der Waals surface area contributed by atoms with E-state index in [9.17, 15) is 14.4 Å². The molecule has 0 aliphatic carbocycles. The zero-order chi connectivity index (χ0) is 24.4. The highest BCUT2D eigenvalue weighted by Crippen LogP contribution is 2.30. The number of hydrogen-bond donors (Lipinski definition) is 1. The van der Waals surface area contributed by atoms with E-state index >= 15 is 0 Å². The summed E-state index contributed by atoms with van der Waals surface area (Å²) in [6, 6.07) is 25.6. The van der Waals surface area contributed by atoms with Crippen molar-refractivity contribution in [2.75, 3.05) is 41.3 Å². The predicted octanol–water partition coefficient (Wildman–Crippen LogP) is 4.08. The molecule has 2 aliphatic heterocycles. The molecular formula is C27H23ClN4O3. The molecular weight excluding hydrogens is 464 g/mol. The number of halogens is 1. The van der Waals surface area contributed by atoms with Crippen LogP contribution in [0.15, 0.2) is 95.7 Å². The second-order valence-electron chi connectivity index (χ2n) is 8.29. The van der Waals surface area contributed by atoms with E-state index in [1.165, 1.54) is 0 Å². The molecule has 176 valence electrons. The van der Waals surface area contributed by atoms with Crippen LogP contribution in [-0.2, 0) is 9.59 Å². The van der Waals surface area contributed by atoms with Crippen LogP contribution in [0.25, 0.3) is 0 Å². The number of nitrogens with zero attached hydrogens (tertiary/aromatic N) is 3. The molecule has 3 aromatic carbocycles. The van der Waals surface area contributed by atoms with E-state index in [1.807, 2.05) is 23.1 Å². The van der Waals surface area contributed by atoms with Crippen LogP contribution in [0.1, 0.15) is 10.4 Å². The minimum atomic E-state index is -0.589. The van der Waals surface area contributed by atoms with Crippen LogP contribution in [0.3, 0.4) is 0 Å². The molecule has 0 atom stereocenters. The smallest absolute Gasteiger partial charge is 0.283 e. The largest absolute Gasteiger partial charge is 0.368 e. The fourth-order valence-electron chi connectivity index (χ4n) is 4.29. The molecule has 7 nitrogen and oxygen atoms in total. The highest BCUT2D eigenvalue weighted by molar-refractivity contribution is 6.53. The summed E-state index contributed by atoms with van der Waals surface area (Å²) in [6.07, 6.45) is 0. The summed E-state index contributed by atoms with van der Waals surface area (Å²) in [5.41, 5.74) is 2.58. The average molecular weight is 487 g/mol. The third-order valence-corrected chi connectivity index (χ3v) is 6.46. The summed E-state index contributed by atoms with van der Waals surface area (Å²) < 4.78 is 0. The van der Waals surface area contributed by atoms with Gasteiger partial charge in [0, 0.05) is 43.1 Å². The Morgan fingerprint density at radius 3 is 2.03 bits per heavy atom. The molecule has 3 amide bonds. The van der Waals surface area contributed by atoms with Gasteiger partial charge in [-0.05, 0) is 42.5 Å². The van der Waals surface area contributed by atoms with Crippen molar-refractivity contribution in [2.24, 2.45) is 0 Å². The minimum Gasteiger partial charge on any atom is -0.368 e. The van der Waals surface area contributed by atoms with Crippen LogP contribution in [0, 0.1) is 0 Å². The molecule has 2 aliphatic rings. The van der Waals surface area contributed by atoms with E-state index in [0.717, 1.165) is 23.7 Å². The average Bonchev–Trinajstić information content (AvgIpc) is 3.12. The van der Waals surface area contributed by atoms with E-state index < -0.39 is 11.8 Å². The van der Waals surface area contributed by atoms with E-state index in [0.29, 0.717) is 30.0 Å².